The summed E-state index contributed by atoms with van der Waals surface area (Å²) in [4.78, 5) is 0. The van der Waals surface area contributed by atoms with E-state index in [4.69, 9.17) is 27.9 Å². The molecular weight excluding hydrogens is 563 g/mol. The number of hydrogen-bond acceptors (Lipinski definition) is 0. The molecular formula is C34H33Cl3Ti. The molecule has 4 heteroatoms. The van der Waals surface area contributed by atoms with E-state index in [1.165, 1.54) is 33.4 Å². The zero-order chi connectivity index (χ0) is 27.5. The van der Waals surface area contributed by atoms with Crippen LogP contribution in [0.25, 0.3) is 6.08 Å². The summed E-state index contributed by atoms with van der Waals surface area (Å²) < 4.78 is -0.852. The monoisotopic (exact) mass is 594 g/mol. The zero-order valence-electron chi connectivity index (χ0n) is 22.8. The van der Waals surface area contributed by atoms with Crippen LogP contribution in [0.2, 0.25) is 0 Å². The predicted molar refractivity (Wildman–Crippen MR) is 162 cm³/mol. The van der Waals surface area contributed by atoms with Crippen molar-refractivity contribution in [2.75, 3.05) is 0 Å². The van der Waals surface area contributed by atoms with E-state index in [1.54, 1.807) is 0 Å². The SMILES string of the molecule is Cc1cc(C)cc(C(c2cc(C)cc(C)c2)(c2cc(C)cc(C)c2)[C]2([Ti]([Cl])([Cl])[Cl])C=Cc3ccccc32)c1. The Bertz CT molecular complexity index is 1390. The standard InChI is InChI=1S/C34H33.3ClH.Ti/c1-22-13-23(2)17-29(16-22)34(30-18-24(3)14-25(4)19-30,31-20-26(5)15-27(6)21-31)33-12-11-28-9-7-8-10-32(28)33;;;;/h7-21H,1-6H3;3*1H;/q;;;;+3/p-3. The van der Waals surface area contributed by atoms with E-state index in [2.05, 4.69) is 133 Å². The van der Waals surface area contributed by atoms with Crippen LogP contribution in [0.5, 0.6) is 0 Å². The normalized spacial score (nSPS) is 17.1. The Morgan fingerprint density at radius 1 is 0.553 bits per heavy atom. The first-order valence-corrected chi connectivity index (χ1v) is 20.2. The van der Waals surface area contributed by atoms with Crippen molar-refractivity contribution in [3.05, 3.63) is 146 Å². The first-order valence-electron chi connectivity index (χ1n) is 13.0. The van der Waals surface area contributed by atoms with Crippen LogP contribution < -0.4 is 0 Å². The molecule has 0 saturated carbocycles. The molecule has 0 aromatic heterocycles. The molecule has 0 amide bonds. The molecule has 0 radical (unpaired) electrons. The molecule has 1 aliphatic carbocycles. The summed E-state index contributed by atoms with van der Waals surface area (Å²) in [6, 6.07) is 28.9. The molecule has 1 aliphatic rings. The molecule has 0 spiro atoms. The average molecular weight is 596 g/mol. The van der Waals surface area contributed by atoms with Crippen LogP contribution in [0.15, 0.2) is 84.9 Å². The van der Waals surface area contributed by atoms with Gasteiger partial charge in [-0.3, -0.25) is 0 Å². The van der Waals surface area contributed by atoms with Crippen LogP contribution in [0.1, 0.15) is 61.2 Å². The molecule has 1 unspecified atom stereocenters. The van der Waals surface area contributed by atoms with Crippen molar-refractivity contribution < 1.29 is 13.4 Å². The van der Waals surface area contributed by atoms with E-state index in [0.717, 1.165) is 27.8 Å². The first-order chi connectivity index (χ1) is 17.9. The molecule has 5 rings (SSSR count). The fourth-order valence-corrected chi connectivity index (χ4v) is 13.2. The van der Waals surface area contributed by atoms with E-state index in [0.29, 0.717) is 0 Å². The number of allylic oxidation sites excluding steroid dienone is 1. The number of rotatable bonds is 5. The average Bonchev–Trinajstić information content (AvgIpc) is 3.19. The fraction of sp³-hybridized carbons (Fsp3) is 0.235. The Kier molecular flexibility index (Phi) is 7.30. The molecule has 4 aromatic rings. The van der Waals surface area contributed by atoms with Gasteiger partial charge in [0.25, 0.3) is 0 Å². The number of halogens is 3. The van der Waals surface area contributed by atoms with E-state index in [9.17, 15) is 0 Å². The molecule has 0 aliphatic heterocycles. The van der Waals surface area contributed by atoms with E-state index in [1.807, 2.05) is 0 Å². The van der Waals surface area contributed by atoms with Gasteiger partial charge in [0, 0.05) is 0 Å². The fourth-order valence-electron chi connectivity index (χ4n) is 6.85. The third-order valence-corrected chi connectivity index (χ3v) is 14.3. The van der Waals surface area contributed by atoms with Crippen LogP contribution in [0, 0.1) is 41.5 Å². The van der Waals surface area contributed by atoms with Crippen LogP contribution in [-0.2, 0) is 22.5 Å². The van der Waals surface area contributed by atoms with Gasteiger partial charge in [-0.2, -0.15) is 0 Å². The van der Waals surface area contributed by atoms with Crippen LogP contribution in [0.4, 0.5) is 0 Å². The quantitative estimate of drug-likeness (QED) is 0.159. The van der Waals surface area contributed by atoms with Gasteiger partial charge in [0.2, 0.25) is 0 Å². The van der Waals surface area contributed by atoms with Gasteiger partial charge in [0.1, 0.15) is 0 Å². The number of aryl methyl sites for hydroxylation is 6. The van der Waals surface area contributed by atoms with Gasteiger partial charge in [-0.25, -0.2) is 0 Å². The number of hydrogen-bond donors (Lipinski definition) is 0. The predicted octanol–water partition coefficient (Wildman–Crippen LogP) is 10.4. The topological polar surface area (TPSA) is 0 Å². The van der Waals surface area contributed by atoms with Crippen molar-refractivity contribution in [3.63, 3.8) is 0 Å². The molecule has 1 atom stereocenters. The summed E-state index contributed by atoms with van der Waals surface area (Å²) in [5, 5.41) is 0. The van der Waals surface area contributed by atoms with Crippen LogP contribution in [0.3, 0.4) is 0 Å². The molecule has 4 aromatic carbocycles. The molecule has 0 bridgehead atoms. The molecule has 0 fully saturated rings. The van der Waals surface area contributed by atoms with E-state index >= 15 is 0 Å². The number of fused-ring (bicyclic) bond motifs is 1. The molecule has 38 heavy (non-hydrogen) atoms. The van der Waals surface area contributed by atoms with E-state index < -0.39 is 22.5 Å². The van der Waals surface area contributed by atoms with Crippen molar-refractivity contribution in [1.29, 1.82) is 0 Å². The Morgan fingerprint density at radius 2 is 0.921 bits per heavy atom. The summed E-state index contributed by atoms with van der Waals surface area (Å²) in [5.41, 5.74) is 12.1. The minimum atomic E-state index is -4.25. The second-order valence-corrected chi connectivity index (χ2v) is 23.3. The van der Waals surface area contributed by atoms with Crippen LogP contribution >= 0.6 is 27.9 Å². The molecule has 0 saturated heterocycles. The van der Waals surface area contributed by atoms with Crippen molar-refractivity contribution >= 4 is 34.0 Å². The maximum absolute atomic E-state index is 7.46. The van der Waals surface area contributed by atoms with Gasteiger partial charge in [-0.15, -0.1) is 0 Å². The summed E-state index contributed by atoms with van der Waals surface area (Å²) in [5.74, 6) is 0. The summed E-state index contributed by atoms with van der Waals surface area (Å²) in [6.07, 6.45) is 4.41. The second kappa shape index (κ2) is 9.99. The Labute approximate surface area is 242 Å². The van der Waals surface area contributed by atoms with Crippen LogP contribution in [-0.4, -0.2) is 0 Å². The van der Waals surface area contributed by atoms with Gasteiger partial charge in [-0.1, -0.05) is 0 Å². The summed E-state index contributed by atoms with van der Waals surface area (Å²) in [6.45, 7) is 13.0. The Morgan fingerprint density at radius 3 is 1.29 bits per heavy atom. The molecule has 194 valence electrons. The Hall–Kier alpha value is -1.80. The third kappa shape index (κ3) is 4.34. The van der Waals surface area contributed by atoms with Crippen molar-refractivity contribution in [1.82, 2.24) is 0 Å². The number of benzene rings is 4. The van der Waals surface area contributed by atoms with Crippen molar-refractivity contribution in [2.45, 2.75) is 50.7 Å². The Balaban J connectivity index is 2.12. The van der Waals surface area contributed by atoms with Gasteiger partial charge in [0.05, 0.1) is 0 Å². The molecule has 0 heterocycles. The zero-order valence-corrected chi connectivity index (χ0v) is 26.6. The van der Waals surface area contributed by atoms with Gasteiger partial charge in [-0.05, 0) is 0 Å². The minimum absolute atomic E-state index is 0.772. The van der Waals surface area contributed by atoms with Crippen molar-refractivity contribution in [3.8, 4) is 0 Å². The summed E-state index contributed by atoms with van der Waals surface area (Å²) >= 11 is -4.25. The second-order valence-electron chi connectivity index (χ2n) is 11.1. The molecule has 0 nitrogen and oxygen atoms in total. The summed E-state index contributed by atoms with van der Waals surface area (Å²) in [7, 11) is 22.4. The first kappa shape index (κ1) is 27.8. The van der Waals surface area contributed by atoms with E-state index in [-0.39, 0.29) is 0 Å². The third-order valence-electron chi connectivity index (χ3n) is 7.90. The maximum atomic E-state index is 7.46. The van der Waals surface area contributed by atoms with Gasteiger partial charge >= 0.3 is 244 Å². The van der Waals surface area contributed by atoms with Crippen molar-refractivity contribution in [2.24, 2.45) is 0 Å². The van der Waals surface area contributed by atoms with Gasteiger partial charge in [0.15, 0.2) is 0 Å². The van der Waals surface area contributed by atoms with Gasteiger partial charge < -0.3 is 0 Å². The molecule has 0 N–H and O–H groups in total.